The summed E-state index contributed by atoms with van der Waals surface area (Å²) >= 11 is 0. The van der Waals surface area contributed by atoms with Gasteiger partial charge in [-0.05, 0) is 56.3 Å². The van der Waals surface area contributed by atoms with E-state index in [0.29, 0.717) is 29.9 Å². The van der Waals surface area contributed by atoms with Gasteiger partial charge in [-0.15, -0.1) is 12.4 Å². The van der Waals surface area contributed by atoms with Crippen LogP contribution in [0.25, 0.3) is 0 Å². The van der Waals surface area contributed by atoms with E-state index in [1.807, 2.05) is 31.3 Å². The van der Waals surface area contributed by atoms with Crippen molar-refractivity contribution in [2.45, 2.75) is 61.8 Å². The second-order valence-electron chi connectivity index (χ2n) is 6.87. The van der Waals surface area contributed by atoms with Crippen LogP contribution in [0.1, 0.15) is 56.4 Å². The molecule has 0 spiro atoms. The molecule has 0 amide bonds. The number of halogens is 1. The molecule has 6 heteroatoms. The summed E-state index contributed by atoms with van der Waals surface area (Å²) in [5.74, 6) is 0.617. The van der Waals surface area contributed by atoms with E-state index in [0.717, 1.165) is 12.8 Å². The molecular weight excluding hydrogens is 344 g/mol. The van der Waals surface area contributed by atoms with Crippen molar-refractivity contribution in [1.82, 2.24) is 9.62 Å². The summed E-state index contributed by atoms with van der Waals surface area (Å²) in [5.41, 5.74) is 1.30. The summed E-state index contributed by atoms with van der Waals surface area (Å²) in [7, 11) is -1.39. The van der Waals surface area contributed by atoms with Gasteiger partial charge in [0.25, 0.3) is 0 Å². The summed E-state index contributed by atoms with van der Waals surface area (Å²) in [6.45, 7) is 1.22. The highest BCUT2D eigenvalue weighted by molar-refractivity contribution is 7.89. The summed E-state index contributed by atoms with van der Waals surface area (Å²) < 4.78 is 27.2. The molecule has 136 valence electrons. The van der Waals surface area contributed by atoms with Gasteiger partial charge < -0.3 is 5.32 Å². The van der Waals surface area contributed by atoms with Crippen LogP contribution in [0.2, 0.25) is 0 Å². The van der Waals surface area contributed by atoms with Crippen LogP contribution in [-0.2, 0) is 10.0 Å². The smallest absolute Gasteiger partial charge is 0.243 e. The number of sulfonamides is 1. The van der Waals surface area contributed by atoms with Crippen LogP contribution in [0, 0.1) is 0 Å². The van der Waals surface area contributed by atoms with Crippen LogP contribution in [0.15, 0.2) is 29.2 Å². The molecule has 1 aromatic carbocycles. The van der Waals surface area contributed by atoms with Gasteiger partial charge in [0.05, 0.1) is 4.90 Å². The molecule has 1 saturated heterocycles. The quantitative estimate of drug-likeness (QED) is 0.879. The molecule has 1 heterocycles. The largest absolute Gasteiger partial charge is 0.317 e. The molecule has 0 radical (unpaired) electrons. The maximum absolute atomic E-state index is 12.8. The number of hydrogen-bond acceptors (Lipinski definition) is 3. The Morgan fingerprint density at radius 1 is 0.958 bits per heavy atom. The molecular formula is C18H29ClN2O2S. The lowest BCUT2D eigenvalue weighted by Gasteiger charge is -2.31. The van der Waals surface area contributed by atoms with E-state index < -0.39 is 10.0 Å². The van der Waals surface area contributed by atoms with Gasteiger partial charge >= 0.3 is 0 Å². The Morgan fingerprint density at radius 3 is 2.08 bits per heavy atom. The van der Waals surface area contributed by atoms with Gasteiger partial charge in [0.2, 0.25) is 10.0 Å². The van der Waals surface area contributed by atoms with Crippen LogP contribution in [0.5, 0.6) is 0 Å². The Hall–Kier alpha value is -0.620. The number of benzene rings is 1. The van der Waals surface area contributed by atoms with Crippen molar-refractivity contribution in [3.63, 3.8) is 0 Å². The maximum atomic E-state index is 12.8. The molecule has 1 saturated carbocycles. The van der Waals surface area contributed by atoms with E-state index in [1.165, 1.54) is 37.7 Å². The molecule has 3 rings (SSSR count). The molecule has 1 aliphatic carbocycles. The lowest BCUT2D eigenvalue weighted by Crippen LogP contribution is -2.43. The first kappa shape index (κ1) is 19.7. The van der Waals surface area contributed by atoms with Crippen LogP contribution in [-0.4, -0.2) is 38.9 Å². The van der Waals surface area contributed by atoms with E-state index >= 15 is 0 Å². The molecule has 2 fully saturated rings. The Labute approximate surface area is 152 Å². The van der Waals surface area contributed by atoms with Gasteiger partial charge in [0.15, 0.2) is 0 Å². The van der Waals surface area contributed by atoms with E-state index in [1.54, 1.807) is 4.31 Å². The number of nitrogens with zero attached hydrogens (tertiary/aromatic N) is 1. The van der Waals surface area contributed by atoms with E-state index in [2.05, 4.69) is 5.32 Å². The Balaban J connectivity index is 0.00000208. The second-order valence-corrected chi connectivity index (χ2v) is 8.81. The third kappa shape index (κ3) is 4.31. The first-order valence-corrected chi connectivity index (χ1v) is 10.3. The van der Waals surface area contributed by atoms with E-state index in [-0.39, 0.29) is 12.4 Å². The number of nitrogens with one attached hydrogen (secondary N) is 1. The highest BCUT2D eigenvalue weighted by Crippen LogP contribution is 2.33. The SMILES string of the molecule is CNC1CCN(S(=O)(=O)c2ccc(C3CCCCC3)cc2)CC1.Cl. The molecule has 0 aromatic heterocycles. The molecule has 1 N–H and O–H groups in total. The zero-order chi connectivity index (χ0) is 16.3. The van der Waals surface area contributed by atoms with Gasteiger partial charge in [0.1, 0.15) is 0 Å². The standard InChI is InChI=1S/C18H28N2O2S.ClH/c1-19-17-11-13-20(14-12-17)23(21,22)18-9-7-16(8-10-18)15-5-3-2-4-6-15;/h7-10,15,17,19H,2-6,11-14H2,1H3;1H. The zero-order valence-electron chi connectivity index (χ0n) is 14.4. The third-order valence-electron chi connectivity index (χ3n) is 5.46. The highest BCUT2D eigenvalue weighted by Gasteiger charge is 2.29. The van der Waals surface area contributed by atoms with Crippen molar-refractivity contribution in [1.29, 1.82) is 0 Å². The van der Waals surface area contributed by atoms with E-state index in [4.69, 9.17) is 0 Å². The molecule has 4 nitrogen and oxygen atoms in total. The Morgan fingerprint density at radius 2 is 1.54 bits per heavy atom. The monoisotopic (exact) mass is 372 g/mol. The minimum Gasteiger partial charge on any atom is -0.317 e. The van der Waals surface area contributed by atoms with Crippen molar-refractivity contribution < 1.29 is 8.42 Å². The molecule has 1 aliphatic heterocycles. The minimum atomic E-state index is -3.34. The maximum Gasteiger partial charge on any atom is 0.243 e. The average molecular weight is 373 g/mol. The van der Waals surface area contributed by atoms with E-state index in [9.17, 15) is 8.42 Å². The fourth-order valence-electron chi connectivity index (χ4n) is 3.88. The Kier molecular flexibility index (Phi) is 7.10. The summed E-state index contributed by atoms with van der Waals surface area (Å²) in [6.07, 6.45) is 8.18. The average Bonchev–Trinajstić information content (AvgIpc) is 2.62. The number of hydrogen-bond donors (Lipinski definition) is 1. The van der Waals surface area contributed by atoms with Crippen molar-refractivity contribution in [2.75, 3.05) is 20.1 Å². The lowest BCUT2D eigenvalue weighted by molar-refractivity contribution is 0.298. The Bertz CT molecular complexity index is 604. The normalized spacial score (nSPS) is 21.4. The first-order chi connectivity index (χ1) is 11.1. The third-order valence-corrected chi connectivity index (χ3v) is 7.37. The van der Waals surface area contributed by atoms with Gasteiger partial charge in [-0.3, -0.25) is 0 Å². The molecule has 0 unspecified atom stereocenters. The first-order valence-electron chi connectivity index (χ1n) is 8.88. The summed E-state index contributed by atoms with van der Waals surface area (Å²) in [5, 5.41) is 3.24. The van der Waals surface area contributed by atoms with Gasteiger partial charge in [-0.2, -0.15) is 4.31 Å². The van der Waals surface area contributed by atoms with Gasteiger partial charge in [-0.25, -0.2) is 8.42 Å². The number of rotatable bonds is 4. The van der Waals surface area contributed by atoms with Crippen LogP contribution in [0.4, 0.5) is 0 Å². The van der Waals surface area contributed by atoms with Crippen molar-refractivity contribution >= 4 is 22.4 Å². The fourth-order valence-corrected chi connectivity index (χ4v) is 5.35. The molecule has 24 heavy (non-hydrogen) atoms. The van der Waals surface area contributed by atoms with Crippen LogP contribution in [0.3, 0.4) is 0 Å². The summed E-state index contributed by atoms with van der Waals surface area (Å²) in [4.78, 5) is 0.444. The molecule has 0 bridgehead atoms. The van der Waals surface area contributed by atoms with Crippen LogP contribution < -0.4 is 5.32 Å². The lowest BCUT2D eigenvalue weighted by atomic mass is 9.84. The topological polar surface area (TPSA) is 49.4 Å². The number of piperidine rings is 1. The van der Waals surface area contributed by atoms with Crippen molar-refractivity contribution in [3.8, 4) is 0 Å². The molecule has 0 atom stereocenters. The van der Waals surface area contributed by atoms with Gasteiger partial charge in [0, 0.05) is 19.1 Å². The van der Waals surface area contributed by atoms with Crippen molar-refractivity contribution in [2.24, 2.45) is 0 Å². The second kappa shape index (κ2) is 8.65. The predicted molar refractivity (Wildman–Crippen MR) is 100 cm³/mol. The predicted octanol–water partition coefficient (Wildman–Crippen LogP) is 3.53. The molecule has 1 aromatic rings. The van der Waals surface area contributed by atoms with Crippen molar-refractivity contribution in [3.05, 3.63) is 29.8 Å². The molecule has 2 aliphatic rings. The fraction of sp³-hybridized carbons (Fsp3) is 0.667. The zero-order valence-corrected chi connectivity index (χ0v) is 16.0. The van der Waals surface area contributed by atoms with Gasteiger partial charge in [-0.1, -0.05) is 31.4 Å². The minimum absolute atomic E-state index is 0. The summed E-state index contributed by atoms with van der Waals surface area (Å²) in [6, 6.07) is 8.12. The van der Waals surface area contributed by atoms with Crippen LogP contribution >= 0.6 is 12.4 Å². The highest BCUT2D eigenvalue weighted by atomic mass is 35.5.